The summed E-state index contributed by atoms with van der Waals surface area (Å²) in [6, 6.07) is 6.73. The summed E-state index contributed by atoms with van der Waals surface area (Å²) >= 11 is 0. The number of para-hydroxylation sites is 1. The number of carbonyl (C=O) groups is 3. The van der Waals surface area contributed by atoms with E-state index in [1.165, 1.54) is 4.90 Å². The van der Waals surface area contributed by atoms with Crippen LogP contribution in [-0.4, -0.2) is 47.2 Å². The third-order valence-corrected chi connectivity index (χ3v) is 3.89. The molecule has 1 heterocycles. The summed E-state index contributed by atoms with van der Waals surface area (Å²) < 4.78 is 5.56. The normalized spacial score (nSPS) is 15.7. The molecule has 6 nitrogen and oxygen atoms in total. The minimum Gasteiger partial charge on any atom is -0.494 e. The first-order valence-corrected chi connectivity index (χ1v) is 7.76. The second kappa shape index (κ2) is 7.26. The van der Waals surface area contributed by atoms with E-state index in [2.05, 4.69) is 0 Å². The fraction of sp³-hybridized carbons (Fsp3) is 0.471. The van der Waals surface area contributed by atoms with E-state index in [0.717, 1.165) is 16.2 Å². The molecule has 0 radical (unpaired) electrons. The second-order valence-corrected chi connectivity index (χ2v) is 5.57. The highest BCUT2D eigenvalue weighted by Gasteiger charge is 2.37. The van der Waals surface area contributed by atoms with Crippen LogP contribution in [0.25, 0.3) is 0 Å². The van der Waals surface area contributed by atoms with Gasteiger partial charge in [0.15, 0.2) is 0 Å². The van der Waals surface area contributed by atoms with Crippen molar-refractivity contribution in [2.45, 2.75) is 39.3 Å². The van der Waals surface area contributed by atoms with Crippen molar-refractivity contribution in [2.24, 2.45) is 0 Å². The number of nitrogens with zero attached hydrogens (tertiary/aromatic N) is 2. The molecule has 0 spiro atoms. The number of ether oxygens (including phenoxy) is 1. The number of likely N-dealkylation sites (tertiary alicyclic amines) is 1. The molecule has 1 saturated heterocycles. The number of benzene rings is 1. The number of hydrogen-bond acceptors (Lipinski definition) is 4. The molecule has 1 fully saturated rings. The Kier molecular flexibility index (Phi) is 5.36. The van der Waals surface area contributed by atoms with Crippen molar-refractivity contribution in [3.8, 4) is 5.75 Å². The lowest BCUT2D eigenvalue weighted by molar-refractivity contribution is -0.149. The molecule has 6 heteroatoms. The molecule has 1 aliphatic heterocycles. The van der Waals surface area contributed by atoms with Crippen molar-refractivity contribution in [3.63, 3.8) is 0 Å². The van der Waals surface area contributed by atoms with Gasteiger partial charge in [-0.05, 0) is 19.9 Å². The van der Waals surface area contributed by atoms with Crippen LogP contribution < -0.4 is 4.74 Å². The van der Waals surface area contributed by atoms with E-state index < -0.39 is 6.04 Å². The maximum absolute atomic E-state index is 12.5. The van der Waals surface area contributed by atoms with Crippen molar-refractivity contribution in [1.82, 2.24) is 9.80 Å². The van der Waals surface area contributed by atoms with E-state index in [4.69, 9.17) is 4.74 Å². The largest absolute Gasteiger partial charge is 0.494 e. The SMILES string of the molecule is CCOc1ccccc1CN(C)C(=O)C(C)N1C(=O)CCC1=O. The number of likely N-dealkylation sites (N-methyl/N-ethyl adjacent to an activating group) is 1. The average Bonchev–Trinajstić information content (AvgIpc) is 2.87. The molecule has 1 atom stereocenters. The average molecular weight is 318 g/mol. The van der Waals surface area contributed by atoms with E-state index in [1.807, 2.05) is 31.2 Å². The van der Waals surface area contributed by atoms with E-state index in [0.29, 0.717) is 13.2 Å². The van der Waals surface area contributed by atoms with Crippen LogP contribution in [0, 0.1) is 0 Å². The number of carbonyl (C=O) groups excluding carboxylic acids is 3. The summed E-state index contributed by atoms with van der Waals surface area (Å²) in [7, 11) is 1.66. The molecular weight excluding hydrogens is 296 g/mol. The highest BCUT2D eigenvalue weighted by atomic mass is 16.5. The molecule has 124 valence electrons. The highest BCUT2D eigenvalue weighted by molar-refractivity contribution is 6.05. The van der Waals surface area contributed by atoms with Crippen LogP contribution in [0.15, 0.2) is 24.3 Å². The zero-order valence-electron chi connectivity index (χ0n) is 13.7. The van der Waals surface area contributed by atoms with Gasteiger partial charge in [0.1, 0.15) is 11.8 Å². The monoisotopic (exact) mass is 318 g/mol. The molecule has 1 aromatic carbocycles. The Labute approximate surface area is 136 Å². The predicted molar refractivity (Wildman–Crippen MR) is 84.6 cm³/mol. The third kappa shape index (κ3) is 3.70. The summed E-state index contributed by atoms with van der Waals surface area (Å²) in [4.78, 5) is 38.7. The maximum Gasteiger partial charge on any atom is 0.245 e. The fourth-order valence-corrected chi connectivity index (χ4v) is 2.72. The Morgan fingerprint density at radius 3 is 2.48 bits per heavy atom. The van der Waals surface area contributed by atoms with Gasteiger partial charge in [-0.25, -0.2) is 0 Å². The first kappa shape index (κ1) is 17.0. The topological polar surface area (TPSA) is 66.9 Å². The van der Waals surface area contributed by atoms with Crippen LogP contribution >= 0.6 is 0 Å². The van der Waals surface area contributed by atoms with Crippen LogP contribution in [0.1, 0.15) is 32.3 Å². The minimum absolute atomic E-state index is 0.188. The van der Waals surface area contributed by atoms with Crippen molar-refractivity contribution < 1.29 is 19.1 Å². The van der Waals surface area contributed by atoms with Gasteiger partial charge in [0.25, 0.3) is 0 Å². The first-order chi connectivity index (χ1) is 11.0. The molecule has 3 amide bonds. The van der Waals surface area contributed by atoms with E-state index >= 15 is 0 Å². The summed E-state index contributed by atoms with van der Waals surface area (Å²) in [6.07, 6.45) is 0.376. The lowest BCUT2D eigenvalue weighted by atomic mass is 10.1. The molecule has 23 heavy (non-hydrogen) atoms. The van der Waals surface area contributed by atoms with Gasteiger partial charge in [-0.2, -0.15) is 0 Å². The van der Waals surface area contributed by atoms with E-state index in [9.17, 15) is 14.4 Å². The smallest absolute Gasteiger partial charge is 0.245 e. The van der Waals surface area contributed by atoms with Gasteiger partial charge in [-0.3, -0.25) is 19.3 Å². The van der Waals surface area contributed by atoms with Gasteiger partial charge < -0.3 is 9.64 Å². The summed E-state index contributed by atoms with van der Waals surface area (Å²) in [6.45, 7) is 4.39. The Bertz CT molecular complexity index is 598. The molecule has 1 aliphatic rings. The second-order valence-electron chi connectivity index (χ2n) is 5.57. The molecule has 1 unspecified atom stereocenters. The van der Waals surface area contributed by atoms with E-state index in [1.54, 1.807) is 14.0 Å². The lowest BCUT2D eigenvalue weighted by Gasteiger charge is -2.27. The number of rotatable bonds is 6. The van der Waals surface area contributed by atoms with Crippen LogP contribution in [0.3, 0.4) is 0 Å². The van der Waals surface area contributed by atoms with Crippen molar-refractivity contribution in [2.75, 3.05) is 13.7 Å². The van der Waals surface area contributed by atoms with Gasteiger partial charge in [-0.1, -0.05) is 18.2 Å². The van der Waals surface area contributed by atoms with Crippen LogP contribution in [-0.2, 0) is 20.9 Å². The van der Waals surface area contributed by atoms with Gasteiger partial charge in [0, 0.05) is 32.0 Å². The number of amides is 3. The molecule has 1 aromatic rings. The highest BCUT2D eigenvalue weighted by Crippen LogP contribution is 2.21. The zero-order chi connectivity index (χ0) is 17.0. The Morgan fingerprint density at radius 2 is 1.87 bits per heavy atom. The Balaban J connectivity index is 2.08. The fourth-order valence-electron chi connectivity index (χ4n) is 2.72. The predicted octanol–water partition coefficient (Wildman–Crippen LogP) is 1.58. The molecule has 0 aliphatic carbocycles. The minimum atomic E-state index is -0.776. The standard InChI is InChI=1S/C17H22N2O4/c1-4-23-14-8-6-5-7-13(14)11-18(3)17(22)12(2)19-15(20)9-10-16(19)21/h5-8,12H,4,9-11H2,1-3H3. The molecule has 0 saturated carbocycles. The quantitative estimate of drug-likeness (QED) is 0.747. The van der Waals surface area contributed by atoms with Gasteiger partial charge >= 0.3 is 0 Å². The Morgan fingerprint density at radius 1 is 1.26 bits per heavy atom. The van der Waals surface area contributed by atoms with Crippen LogP contribution in [0.4, 0.5) is 0 Å². The van der Waals surface area contributed by atoms with E-state index in [-0.39, 0.29) is 30.6 Å². The molecule has 0 aromatic heterocycles. The van der Waals surface area contributed by atoms with Gasteiger partial charge in [0.2, 0.25) is 17.7 Å². The van der Waals surface area contributed by atoms with Crippen molar-refractivity contribution in [3.05, 3.63) is 29.8 Å². The van der Waals surface area contributed by atoms with Gasteiger partial charge in [0.05, 0.1) is 6.61 Å². The Hall–Kier alpha value is -2.37. The summed E-state index contributed by atoms with van der Waals surface area (Å²) in [5.74, 6) is -0.0894. The van der Waals surface area contributed by atoms with Crippen molar-refractivity contribution in [1.29, 1.82) is 0 Å². The summed E-state index contributed by atoms with van der Waals surface area (Å²) in [5, 5.41) is 0. The number of hydrogen-bond donors (Lipinski definition) is 0. The van der Waals surface area contributed by atoms with Gasteiger partial charge in [-0.15, -0.1) is 0 Å². The third-order valence-electron chi connectivity index (χ3n) is 3.89. The number of imide groups is 1. The van der Waals surface area contributed by atoms with Crippen LogP contribution in [0.5, 0.6) is 5.75 Å². The molecule has 2 rings (SSSR count). The zero-order valence-corrected chi connectivity index (χ0v) is 13.7. The lowest BCUT2D eigenvalue weighted by Crippen LogP contribution is -2.47. The maximum atomic E-state index is 12.5. The first-order valence-electron chi connectivity index (χ1n) is 7.76. The van der Waals surface area contributed by atoms with Crippen LogP contribution in [0.2, 0.25) is 0 Å². The van der Waals surface area contributed by atoms with Crippen molar-refractivity contribution >= 4 is 17.7 Å². The summed E-state index contributed by atoms with van der Waals surface area (Å²) in [5.41, 5.74) is 0.886. The molecular formula is C17H22N2O4. The molecule has 0 bridgehead atoms. The molecule has 0 N–H and O–H groups in total.